The van der Waals surface area contributed by atoms with E-state index >= 15 is 0 Å². The van der Waals surface area contributed by atoms with Crippen molar-refractivity contribution in [3.05, 3.63) is 0 Å². The molecule has 0 bridgehead atoms. The molecule has 0 N–H and O–H groups in total. The van der Waals surface area contributed by atoms with Crippen molar-refractivity contribution >= 4 is 21.8 Å². The molecule has 0 aromatic carbocycles. The number of unbranched alkanes of at least 4 members (excludes halogenated alkanes) is 1. The van der Waals surface area contributed by atoms with Crippen molar-refractivity contribution in [2.45, 2.75) is 39.0 Å². The molecule has 102 valence electrons. The molecule has 6 heteroatoms. The minimum absolute atomic E-state index is 0.358. The summed E-state index contributed by atoms with van der Waals surface area (Å²) in [6, 6.07) is 0. The lowest BCUT2D eigenvalue weighted by molar-refractivity contribution is 0.305. The summed E-state index contributed by atoms with van der Waals surface area (Å²) in [6.07, 6.45) is 4.97. The molecule has 0 amide bonds. The van der Waals surface area contributed by atoms with Gasteiger partial charge in [0.2, 0.25) is 0 Å². The zero-order valence-electron chi connectivity index (χ0n) is 10.6. The molecule has 0 aromatic rings. The molecule has 0 aliphatic carbocycles. The van der Waals surface area contributed by atoms with E-state index in [0.717, 1.165) is 32.1 Å². The molecular weight excluding hydrogens is 260 g/mol. The number of hydrogen-bond donors (Lipinski definition) is 0. The lowest BCUT2D eigenvalue weighted by Crippen LogP contribution is -2.46. The van der Waals surface area contributed by atoms with Crippen LogP contribution in [0.25, 0.3) is 0 Å². The van der Waals surface area contributed by atoms with Gasteiger partial charge in [0.05, 0.1) is 0 Å². The number of halogens is 1. The molecule has 1 fully saturated rings. The Morgan fingerprint density at radius 2 is 1.82 bits per heavy atom. The molecule has 0 unspecified atom stereocenters. The molecule has 4 nitrogen and oxygen atoms in total. The Morgan fingerprint density at radius 1 is 1.18 bits per heavy atom. The van der Waals surface area contributed by atoms with E-state index in [1.54, 1.807) is 4.31 Å². The number of piperidine rings is 1. The third-order valence-corrected chi connectivity index (χ3v) is 5.27. The normalized spacial score (nSPS) is 18.8. The van der Waals surface area contributed by atoms with Gasteiger partial charge in [-0.2, -0.15) is 17.0 Å². The van der Waals surface area contributed by atoms with Crippen LogP contribution in [0.5, 0.6) is 0 Å². The SMILES string of the molecule is CCCCN(CCCl)S(=O)(=O)N1CCCCC1. The molecule has 0 saturated carbocycles. The first-order valence-electron chi connectivity index (χ1n) is 6.44. The highest BCUT2D eigenvalue weighted by molar-refractivity contribution is 7.86. The van der Waals surface area contributed by atoms with Gasteiger partial charge in [-0.15, -0.1) is 11.6 Å². The standard InChI is InChI=1S/C11H23ClN2O2S/c1-2-3-8-14(11-7-12)17(15,16)13-9-5-4-6-10-13/h2-11H2,1H3. The van der Waals surface area contributed by atoms with Crippen molar-refractivity contribution < 1.29 is 8.42 Å². The summed E-state index contributed by atoms with van der Waals surface area (Å²) < 4.78 is 27.9. The first-order valence-corrected chi connectivity index (χ1v) is 8.37. The molecule has 1 aliphatic rings. The minimum Gasteiger partial charge on any atom is -0.195 e. The van der Waals surface area contributed by atoms with Crippen LogP contribution < -0.4 is 0 Å². The summed E-state index contributed by atoms with van der Waals surface area (Å²) in [5.41, 5.74) is 0. The summed E-state index contributed by atoms with van der Waals surface area (Å²) in [5.74, 6) is 0.358. The highest BCUT2D eigenvalue weighted by Crippen LogP contribution is 2.17. The molecule has 1 heterocycles. The van der Waals surface area contributed by atoms with Crippen LogP contribution in [0.4, 0.5) is 0 Å². The van der Waals surface area contributed by atoms with E-state index in [9.17, 15) is 8.42 Å². The molecular formula is C11H23ClN2O2S. The summed E-state index contributed by atoms with van der Waals surface area (Å²) in [7, 11) is -3.28. The Balaban J connectivity index is 2.67. The smallest absolute Gasteiger partial charge is 0.195 e. The summed E-state index contributed by atoms with van der Waals surface area (Å²) in [6.45, 7) is 4.38. The van der Waals surface area contributed by atoms with Crippen LogP contribution in [-0.2, 0) is 10.2 Å². The highest BCUT2D eigenvalue weighted by atomic mass is 35.5. The summed E-state index contributed by atoms with van der Waals surface area (Å²) >= 11 is 5.70. The van der Waals surface area contributed by atoms with E-state index in [2.05, 4.69) is 6.92 Å². The molecule has 1 rings (SSSR count). The van der Waals surface area contributed by atoms with Crippen LogP contribution >= 0.6 is 11.6 Å². The third kappa shape index (κ3) is 4.39. The lowest BCUT2D eigenvalue weighted by Gasteiger charge is -2.31. The van der Waals surface area contributed by atoms with Gasteiger partial charge in [0.25, 0.3) is 10.2 Å². The van der Waals surface area contributed by atoms with Crippen LogP contribution in [0.1, 0.15) is 39.0 Å². The Labute approximate surface area is 110 Å². The van der Waals surface area contributed by atoms with Crippen LogP contribution in [0.2, 0.25) is 0 Å². The highest BCUT2D eigenvalue weighted by Gasteiger charge is 2.29. The Hall–Kier alpha value is 0.160. The van der Waals surface area contributed by atoms with Crippen LogP contribution in [0.3, 0.4) is 0 Å². The van der Waals surface area contributed by atoms with Gasteiger partial charge < -0.3 is 0 Å². The van der Waals surface area contributed by atoms with E-state index < -0.39 is 10.2 Å². The molecule has 0 atom stereocenters. The lowest BCUT2D eigenvalue weighted by atomic mass is 10.2. The molecule has 17 heavy (non-hydrogen) atoms. The van der Waals surface area contributed by atoms with E-state index in [4.69, 9.17) is 11.6 Å². The monoisotopic (exact) mass is 282 g/mol. The van der Waals surface area contributed by atoms with E-state index in [-0.39, 0.29) is 0 Å². The second-order valence-electron chi connectivity index (χ2n) is 4.41. The Morgan fingerprint density at radius 3 is 2.35 bits per heavy atom. The number of nitrogens with zero attached hydrogens (tertiary/aromatic N) is 2. The Kier molecular flexibility index (Phi) is 6.77. The van der Waals surface area contributed by atoms with Crippen molar-refractivity contribution in [1.29, 1.82) is 0 Å². The average Bonchev–Trinajstić information content (AvgIpc) is 2.35. The molecule has 1 aliphatic heterocycles. The van der Waals surface area contributed by atoms with E-state index in [0.29, 0.717) is 32.1 Å². The fraction of sp³-hybridized carbons (Fsp3) is 1.00. The van der Waals surface area contributed by atoms with Crippen LogP contribution in [-0.4, -0.2) is 49.1 Å². The molecule has 0 aromatic heterocycles. The number of alkyl halides is 1. The van der Waals surface area contributed by atoms with Crippen molar-refractivity contribution in [3.63, 3.8) is 0 Å². The molecule has 0 spiro atoms. The summed E-state index contributed by atoms with van der Waals surface area (Å²) in [5, 5.41) is 0. The maximum absolute atomic E-state index is 12.4. The number of hydrogen-bond acceptors (Lipinski definition) is 2. The van der Waals surface area contributed by atoms with Gasteiger partial charge in [-0.1, -0.05) is 19.8 Å². The van der Waals surface area contributed by atoms with Crippen molar-refractivity contribution in [1.82, 2.24) is 8.61 Å². The second kappa shape index (κ2) is 7.56. The van der Waals surface area contributed by atoms with Crippen LogP contribution in [0, 0.1) is 0 Å². The maximum Gasteiger partial charge on any atom is 0.282 e. The summed E-state index contributed by atoms with van der Waals surface area (Å²) in [4.78, 5) is 0. The first-order chi connectivity index (χ1) is 8.12. The molecule has 1 saturated heterocycles. The zero-order chi connectivity index (χ0) is 12.7. The van der Waals surface area contributed by atoms with Crippen molar-refractivity contribution in [3.8, 4) is 0 Å². The molecule has 0 radical (unpaired) electrons. The van der Waals surface area contributed by atoms with E-state index in [1.165, 1.54) is 4.31 Å². The predicted molar refractivity (Wildman–Crippen MR) is 71.5 cm³/mol. The van der Waals surface area contributed by atoms with Gasteiger partial charge in [-0.05, 0) is 19.3 Å². The minimum atomic E-state index is -3.28. The second-order valence-corrected chi connectivity index (χ2v) is 6.72. The van der Waals surface area contributed by atoms with Gasteiger partial charge >= 0.3 is 0 Å². The van der Waals surface area contributed by atoms with Crippen molar-refractivity contribution in [2.75, 3.05) is 32.1 Å². The van der Waals surface area contributed by atoms with Gasteiger partial charge in [0.1, 0.15) is 0 Å². The zero-order valence-corrected chi connectivity index (χ0v) is 12.1. The number of rotatable bonds is 7. The van der Waals surface area contributed by atoms with Crippen molar-refractivity contribution in [2.24, 2.45) is 0 Å². The van der Waals surface area contributed by atoms with Gasteiger partial charge in [-0.3, -0.25) is 0 Å². The van der Waals surface area contributed by atoms with Gasteiger partial charge in [-0.25, -0.2) is 0 Å². The quantitative estimate of drug-likeness (QED) is 0.671. The average molecular weight is 283 g/mol. The Bertz CT molecular complexity index is 303. The topological polar surface area (TPSA) is 40.6 Å². The first kappa shape index (κ1) is 15.2. The van der Waals surface area contributed by atoms with Crippen LogP contribution in [0.15, 0.2) is 0 Å². The fourth-order valence-electron chi connectivity index (χ4n) is 2.03. The van der Waals surface area contributed by atoms with Gasteiger partial charge in [0.15, 0.2) is 0 Å². The van der Waals surface area contributed by atoms with E-state index in [1.807, 2.05) is 0 Å². The maximum atomic E-state index is 12.4. The largest absolute Gasteiger partial charge is 0.282 e. The predicted octanol–water partition coefficient (Wildman–Crippen LogP) is 2.06. The van der Waals surface area contributed by atoms with Gasteiger partial charge in [0, 0.05) is 32.1 Å². The third-order valence-electron chi connectivity index (χ3n) is 3.06. The fourth-order valence-corrected chi connectivity index (χ4v) is 4.06.